The van der Waals surface area contributed by atoms with Gasteiger partial charge in [-0.1, -0.05) is 0 Å². The van der Waals surface area contributed by atoms with Crippen LogP contribution in [0.3, 0.4) is 0 Å². The van der Waals surface area contributed by atoms with Crippen molar-refractivity contribution in [3.8, 4) is 5.88 Å². The number of nitrogens with two attached hydrogens (primary N) is 1. The molecule has 1 aromatic heterocycles. The summed E-state index contributed by atoms with van der Waals surface area (Å²) in [5.74, 6) is 1.45. The predicted molar refractivity (Wildman–Crippen MR) is 54.3 cm³/mol. The second-order valence-electron chi connectivity index (χ2n) is 3.84. The minimum absolute atomic E-state index is 0.186. The van der Waals surface area contributed by atoms with Crippen LogP contribution in [-0.4, -0.2) is 22.6 Å². The number of hydrogen-bond acceptors (Lipinski definition) is 5. The Labute approximate surface area is 82.7 Å². The molecular formula is C9H14N4O. The molecule has 0 amide bonds. The molecule has 76 valence electrons. The maximum absolute atomic E-state index is 5.53. The Morgan fingerprint density at radius 2 is 2.21 bits per heavy atom. The minimum Gasteiger partial charge on any atom is -0.481 e. The maximum Gasteiger partial charge on any atom is 0.225 e. The molecule has 14 heavy (non-hydrogen) atoms. The smallest absolute Gasteiger partial charge is 0.225 e. The van der Waals surface area contributed by atoms with Gasteiger partial charge in [-0.15, -0.1) is 0 Å². The first-order valence-corrected chi connectivity index (χ1v) is 4.58. The van der Waals surface area contributed by atoms with Crippen LogP contribution in [-0.2, 0) is 0 Å². The van der Waals surface area contributed by atoms with Crippen molar-refractivity contribution in [2.75, 3.05) is 18.2 Å². The molecule has 0 aromatic carbocycles. The maximum atomic E-state index is 5.53. The molecule has 1 heterocycles. The van der Waals surface area contributed by atoms with Crippen molar-refractivity contribution in [2.24, 2.45) is 0 Å². The monoisotopic (exact) mass is 194 g/mol. The van der Waals surface area contributed by atoms with Crippen LogP contribution < -0.4 is 15.8 Å². The summed E-state index contributed by atoms with van der Waals surface area (Å²) >= 11 is 0. The zero-order chi connectivity index (χ0) is 10.2. The fraction of sp³-hybridized carbons (Fsp3) is 0.556. The van der Waals surface area contributed by atoms with Gasteiger partial charge in [0.25, 0.3) is 0 Å². The van der Waals surface area contributed by atoms with E-state index in [2.05, 4.69) is 22.2 Å². The van der Waals surface area contributed by atoms with Gasteiger partial charge in [0.05, 0.1) is 7.11 Å². The summed E-state index contributed by atoms with van der Waals surface area (Å²) in [7, 11) is 1.56. The van der Waals surface area contributed by atoms with Crippen molar-refractivity contribution in [3.63, 3.8) is 0 Å². The van der Waals surface area contributed by atoms with Crippen LogP contribution in [0.1, 0.15) is 19.8 Å². The lowest BCUT2D eigenvalue weighted by Gasteiger charge is -2.12. The van der Waals surface area contributed by atoms with Crippen molar-refractivity contribution in [1.82, 2.24) is 9.97 Å². The van der Waals surface area contributed by atoms with E-state index in [4.69, 9.17) is 10.5 Å². The quantitative estimate of drug-likeness (QED) is 0.751. The van der Waals surface area contributed by atoms with Gasteiger partial charge < -0.3 is 15.8 Å². The van der Waals surface area contributed by atoms with Gasteiger partial charge in [-0.2, -0.15) is 9.97 Å². The second-order valence-corrected chi connectivity index (χ2v) is 3.84. The fourth-order valence-electron chi connectivity index (χ4n) is 1.23. The highest BCUT2D eigenvalue weighted by Gasteiger charge is 2.37. The van der Waals surface area contributed by atoms with Crippen molar-refractivity contribution >= 4 is 11.8 Å². The van der Waals surface area contributed by atoms with Crippen molar-refractivity contribution < 1.29 is 4.74 Å². The Bertz CT molecular complexity index is 349. The summed E-state index contributed by atoms with van der Waals surface area (Å²) in [5, 5.41) is 3.30. The molecule has 0 bridgehead atoms. The molecule has 1 aliphatic rings. The third-order valence-electron chi connectivity index (χ3n) is 2.36. The van der Waals surface area contributed by atoms with Crippen LogP contribution in [0.25, 0.3) is 0 Å². The van der Waals surface area contributed by atoms with Crippen molar-refractivity contribution in [3.05, 3.63) is 6.07 Å². The fourth-order valence-corrected chi connectivity index (χ4v) is 1.23. The molecule has 1 saturated carbocycles. The van der Waals surface area contributed by atoms with Crippen LogP contribution in [0.4, 0.5) is 11.8 Å². The minimum atomic E-state index is 0.186. The summed E-state index contributed by atoms with van der Waals surface area (Å²) < 4.78 is 5.00. The van der Waals surface area contributed by atoms with Gasteiger partial charge in [0, 0.05) is 11.6 Å². The molecule has 0 spiro atoms. The second kappa shape index (κ2) is 3.01. The molecule has 5 nitrogen and oxygen atoms in total. The number of nitrogens with one attached hydrogen (secondary N) is 1. The third kappa shape index (κ3) is 1.86. The summed E-state index contributed by atoms with van der Waals surface area (Å²) in [6.07, 6.45) is 2.33. The molecule has 1 fully saturated rings. The summed E-state index contributed by atoms with van der Waals surface area (Å²) in [5.41, 5.74) is 5.72. The van der Waals surface area contributed by atoms with Crippen molar-refractivity contribution in [1.29, 1.82) is 0 Å². The molecular weight excluding hydrogens is 180 g/mol. The first kappa shape index (κ1) is 9.05. The molecule has 0 unspecified atom stereocenters. The Morgan fingerprint density at radius 3 is 2.79 bits per heavy atom. The number of nitrogen functional groups attached to an aromatic ring is 1. The topological polar surface area (TPSA) is 73.1 Å². The molecule has 1 aliphatic carbocycles. The molecule has 0 radical (unpaired) electrons. The van der Waals surface area contributed by atoms with E-state index >= 15 is 0 Å². The van der Waals surface area contributed by atoms with Crippen LogP contribution in [0.5, 0.6) is 5.88 Å². The first-order chi connectivity index (χ1) is 6.61. The third-order valence-corrected chi connectivity index (χ3v) is 2.36. The van der Waals surface area contributed by atoms with Crippen molar-refractivity contribution in [2.45, 2.75) is 25.3 Å². The standard InChI is InChI=1S/C9H14N4O/c1-9(3-4-9)13-6-5-7(14-2)12-8(10)11-6/h5H,3-4H2,1-2H3,(H3,10,11,12,13). The zero-order valence-electron chi connectivity index (χ0n) is 8.37. The highest BCUT2D eigenvalue weighted by molar-refractivity contribution is 5.46. The molecule has 1 aromatic rings. The van der Waals surface area contributed by atoms with Gasteiger partial charge in [0.15, 0.2) is 0 Å². The van der Waals surface area contributed by atoms with E-state index < -0.39 is 0 Å². The Hall–Kier alpha value is -1.52. The highest BCUT2D eigenvalue weighted by atomic mass is 16.5. The molecule has 0 saturated heterocycles. The molecule has 3 N–H and O–H groups in total. The van der Waals surface area contributed by atoms with Gasteiger partial charge in [-0.25, -0.2) is 0 Å². The predicted octanol–water partition coefficient (Wildman–Crippen LogP) is 1.03. The van der Waals surface area contributed by atoms with E-state index in [1.807, 2.05) is 0 Å². The van der Waals surface area contributed by atoms with E-state index in [-0.39, 0.29) is 11.5 Å². The number of methoxy groups -OCH3 is 1. The average molecular weight is 194 g/mol. The average Bonchev–Trinajstić information content (AvgIpc) is 2.82. The Morgan fingerprint density at radius 1 is 1.50 bits per heavy atom. The molecule has 2 rings (SSSR count). The van der Waals surface area contributed by atoms with Gasteiger partial charge in [0.1, 0.15) is 5.82 Å². The number of aromatic nitrogens is 2. The van der Waals surface area contributed by atoms with Crippen LogP contribution in [0.2, 0.25) is 0 Å². The van der Waals surface area contributed by atoms with E-state index in [0.29, 0.717) is 5.88 Å². The van der Waals surface area contributed by atoms with E-state index in [9.17, 15) is 0 Å². The number of ether oxygens (including phenoxy) is 1. The molecule has 0 aliphatic heterocycles. The molecule has 5 heteroatoms. The van der Waals surface area contributed by atoms with Crippen LogP contribution in [0, 0.1) is 0 Å². The van der Waals surface area contributed by atoms with Gasteiger partial charge in [0.2, 0.25) is 11.8 Å². The molecule has 0 atom stereocenters. The lowest BCUT2D eigenvalue weighted by Crippen LogP contribution is -2.17. The normalized spacial score (nSPS) is 17.6. The number of nitrogens with zero attached hydrogens (tertiary/aromatic N) is 2. The van der Waals surface area contributed by atoms with Gasteiger partial charge in [-0.05, 0) is 19.8 Å². The Kier molecular flexibility index (Phi) is 1.94. The van der Waals surface area contributed by atoms with E-state index in [1.165, 1.54) is 12.8 Å². The number of rotatable bonds is 3. The number of hydrogen-bond donors (Lipinski definition) is 2. The summed E-state index contributed by atoms with van der Waals surface area (Å²) in [4.78, 5) is 7.99. The van der Waals surface area contributed by atoms with Crippen LogP contribution in [0.15, 0.2) is 6.07 Å². The lowest BCUT2D eigenvalue weighted by atomic mass is 10.3. The summed E-state index contributed by atoms with van der Waals surface area (Å²) in [6.45, 7) is 2.15. The zero-order valence-corrected chi connectivity index (χ0v) is 8.37. The summed E-state index contributed by atoms with van der Waals surface area (Å²) in [6, 6.07) is 1.75. The Balaban J connectivity index is 2.20. The van der Waals surface area contributed by atoms with Crippen LogP contribution >= 0.6 is 0 Å². The van der Waals surface area contributed by atoms with Gasteiger partial charge in [-0.3, -0.25) is 0 Å². The SMILES string of the molecule is COc1cc(NC2(C)CC2)nc(N)n1. The highest BCUT2D eigenvalue weighted by Crippen LogP contribution is 2.38. The lowest BCUT2D eigenvalue weighted by molar-refractivity contribution is 0.398. The van der Waals surface area contributed by atoms with E-state index in [1.54, 1.807) is 13.2 Å². The number of anilines is 2. The van der Waals surface area contributed by atoms with Gasteiger partial charge >= 0.3 is 0 Å². The van der Waals surface area contributed by atoms with E-state index in [0.717, 1.165) is 5.82 Å². The first-order valence-electron chi connectivity index (χ1n) is 4.58. The largest absolute Gasteiger partial charge is 0.481 e.